The quantitative estimate of drug-likeness (QED) is 0.588. The van der Waals surface area contributed by atoms with Gasteiger partial charge in [0.2, 0.25) is 12.0 Å². The van der Waals surface area contributed by atoms with E-state index in [2.05, 4.69) is 13.2 Å². The van der Waals surface area contributed by atoms with E-state index in [0.29, 0.717) is 6.54 Å². The fraction of sp³-hybridized carbons (Fsp3) is 0.286. The number of pyridine rings is 1. The molecule has 4 heterocycles. The Morgan fingerprint density at radius 2 is 2.19 bits per heavy atom. The number of carbonyl (C=O) groups is 2. The van der Waals surface area contributed by atoms with Gasteiger partial charge < -0.3 is 14.4 Å². The van der Waals surface area contributed by atoms with Crippen molar-refractivity contribution in [2.45, 2.75) is 19.6 Å². The maximum Gasteiger partial charge on any atom is 0.347 e. The number of carbonyl (C=O) groups excluding carboxylic acids is 2. The Morgan fingerprint density at radius 3 is 2.89 bits per heavy atom. The zero-order valence-electron chi connectivity index (χ0n) is 15.1. The van der Waals surface area contributed by atoms with Crippen LogP contribution in [0.25, 0.3) is 17.8 Å². The Morgan fingerprint density at radius 1 is 1.37 bits per heavy atom. The summed E-state index contributed by atoms with van der Waals surface area (Å²) >= 11 is 0. The van der Waals surface area contributed by atoms with Gasteiger partial charge in [-0.05, 0) is 13.0 Å². The first-order chi connectivity index (χ1) is 13.1. The number of amides is 1. The van der Waals surface area contributed by atoms with Crippen LogP contribution in [0.5, 0.6) is 0 Å². The molecule has 3 aliphatic rings. The Kier molecular flexibility index (Phi) is 4.18. The molecule has 1 fully saturated rings. The lowest BCUT2D eigenvalue weighted by Gasteiger charge is -2.39. The van der Waals surface area contributed by atoms with Gasteiger partial charge in [0.15, 0.2) is 0 Å². The van der Waals surface area contributed by atoms with Crippen LogP contribution in [-0.2, 0) is 25.6 Å². The predicted octanol–water partition coefficient (Wildman–Crippen LogP) is 0.863. The molecule has 3 atom stereocenters. The minimum Gasteiger partial charge on any atom is -0.486 e. The molecular weight excluding hydrogens is 344 g/mol. The third-order valence-corrected chi connectivity index (χ3v) is 5.22. The second-order valence-corrected chi connectivity index (χ2v) is 6.68. The molecule has 138 valence electrons. The third kappa shape index (κ3) is 2.60. The molecule has 3 aliphatic heterocycles. The van der Waals surface area contributed by atoms with Crippen LogP contribution in [0, 0.1) is 11.8 Å². The number of rotatable bonds is 3. The molecule has 1 amide bonds. The Balaban J connectivity index is 1.86. The Bertz CT molecular complexity index is 1010. The fourth-order valence-electron chi connectivity index (χ4n) is 3.97. The number of hydrogen-bond donors (Lipinski definition) is 0. The maximum atomic E-state index is 13.1. The summed E-state index contributed by atoms with van der Waals surface area (Å²) in [6, 6.07) is 2.04. The average molecular weight is 364 g/mol. The summed E-state index contributed by atoms with van der Waals surface area (Å²) in [6.07, 6.45) is 7.82. The molecule has 1 aromatic rings. The highest BCUT2D eigenvalue weighted by molar-refractivity contribution is 5.95. The van der Waals surface area contributed by atoms with Crippen LogP contribution in [0.4, 0.5) is 0 Å². The monoisotopic (exact) mass is 364 g/mol. The van der Waals surface area contributed by atoms with Gasteiger partial charge >= 0.3 is 5.97 Å². The second-order valence-electron chi connectivity index (χ2n) is 6.68. The van der Waals surface area contributed by atoms with Crippen molar-refractivity contribution >= 4 is 29.7 Å². The van der Waals surface area contributed by atoms with E-state index in [9.17, 15) is 9.59 Å². The largest absolute Gasteiger partial charge is 0.486 e. The highest BCUT2D eigenvalue weighted by atomic mass is 16.6. The second kappa shape index (κ2) is 6.54. The number of nitrogens with zero attached hydrogens (tertiary/aromatic N) is 2. The lowest BCUT2D eigenvalue weighted by Crippen LogP contribution is -2.52. The van der Waals surface area contributed by atoms with Gasteiger partial charge in [-0.2, -0.15) is 0 Å². The van der Waals surface area contributed by atoms with Gasteiger partial charge in [-0.3, -0.25) is 4.79 Å². The average Bonchev–Trinajstić information content (AvgIpc) is 3.02. The summed E-state index contributed by atoms with van der Waals surface area (Å²) in [5.41, 5.74) is 2.48. The van der Waals surface area contributed by atoms with Gasteiger partial charge in [0.25, 0.3) is 0 Å². The molecule has 1 saturated heterocycles. The molecule has 3 unspecified atom stereocenters. The van der Waals surface area contributed by atoms with Crippen LogP contribution >= 0.6 is 0 Å². The van der Waals surface area contributed by atoms with Gasteiger partial charge in [0, 0.05) is 16.7 Å². The molecule has 0 bridgehead atoms. The number of esters is 1. The van der Waals surface area contributed by atoms with E-state index in [1.807, 2.05) is 31.2 Å². The minimum absolute atomic E-state index is 0.0624. The molecule has 0 saturated carbocycles. The normalized spacial score (nSPS) is 27.4. The number of fused-ring (bicyclic) bond motifs is 4. The van der Waals surface area contributed by atoms with Crippen molar-refractivity contribution in [3.8, 4) is 0 Å². The standard InChI is InChI=1S/C21H20N2O4/c1-4-7-12-8-13-10-23-17(18(13)22-16(12)5-2)9-14-15(20(23)24)11-27-21(25)19(14)26-6-3/h4-9,14-15,19H,1,3,10-11H2,2H3/b12-7-,16-5+. The zero-order valence-corrected chi connectivity index (χ0v) is 15.1. The van der Waals surface area contributed by atoms with Crippen LogP contribution in [0.3, 0.4) is 0 Å². The van der Waals surface area contributed by atoms with Crippen molar-refractivity contribution in [3.63, 3.8) is 0 Å². The van der Waals surface area contributed by atoms with Gasteiger partial charge in [0.1, 0.15) is 6.61 Å². The number of aromatic nitrogens is 1. The molecule has 0 aliphatic carbocycles. The van der Waals surface area contributed by atoms with E-state index < -0.39 is 23.9 Å². The Hall–Kier alpha value is -3.15. The van der Waals surface area contributed by atoms with E-state index >= 15 is 0 Å². The first-order valence-corrected chi connectivity index (χ1v) is 8.84. The molecule has 27 heavy (non-hydrogen) atoms. The van der Waals surface area contributed by atoms with Gasteiger partial charge in [-0.1, -0.05) is 37.5 Å². The predicted molar refractivity (Wildman–Crippen MR) is 99.8 cm³/mol. The van der Waals surface area contributed by atoms with Gasteiger partial charge in [-0.15, -0.1) is 0 Å². The van der Waals surface area contributed by atoms with E-state index in [1.165, 1.54) is 6.26 Å². The first kappa shape index (κ1) is 17.3. The highest BCUT2D eigenvalue weighted by Crippen LogP contribution is 2.41. The van der Waals surface area contributed by atoms with Gasteiger partial charge in [-0.25, -0.2) is 9.78 Å². The van der Waals surface area contributed by atoms with Crippen LogP contribution in [0.15, 0.2) is 37.6 Å². The van der Waals surface area contributed by atoms with E-state index in [0.717, 1.165) is 27.5 Å². The molecule has 1 aromatic heterocycles. The third-order valence-electron chi connectivity index (χ3n) is 5.22. The summed E-state index contributed by atoms with van der Waals surface area (Å²) < 4.78 is 10.5. The van der Waals surface area contributed by atoms with Crippen LogP contribution in [0.2, 0.25) is 0 Å². The minimum atomic E-state index is -0.866. The molecule has 6 nitrogen and oxygen atoms in total. The first-order valence-electron chi connectivity index (χ1n) is 8.84. The lowest BCUT2D eigenvalue weighted by atomic mass is 9.81. The summed E-state index contributed by atoms with van der Waals surface area (Å²) in [5.74, 6) is -1.40. The van der Waals surface area contributed by atoms with Crippen LogP contribution in [0.1, 0.15) is 18.2 Å². The number of hydrogen-bond acceptors (Lipinski definition) is 5. The maximum absolute atomic E-state index is 13.1. The van der Waals surface area contributed by atoms with Crippen LogP contribution in [-0.4, -0.2) is 34.5 Å². The van der Waals surface area contributed by atoms with Crippen molar-refractivity contribution in [1.82, 2.24) is 9.88 Å². The van der Waals surface area contributed by atoms with E-state index in [4.69, 9.17) is 14.5 Å². The molecule has 0 aromatic carbocycles. The molecule has 6 heteroatoms. The summed E-state index contributed by atoms with van der Waals surface area (Å²) in [5, 5.41) is 1.79. The number of ether oxygens (including phenoxy) is 2. The summed E-state index contributed by atoms with van der Waals surface area (Å²) in [6.45, 7) is 9.71. The van der Waals surface area contributed by atoms with Crippen molar-refractivity contribution in [1.29, 1.82) is 0 Å². The smallest absolute Gasteiger partial charge is 0.347 e. The molecule has 4 rings (SSSR count). The zero-order chi connectivity index (χ0) is 19.1. The van der Waals surface area contributed by atoms with Crippen molar-refractivity contribution in [3.05, 3.63) is 59.5 Å². The number of cyclic esters (lactones) is 1. The number of allylic oxidation sites excluding steroid dienone is 1. The summed E-state index contributed by atoms with van der Waals surface area (Å²) in [4.78, 5) is 31.7. The molecule has 0 spiro atoms. The van der Waals surface area contributed by atoms with Gasteiger partial charge in [0.05, 0.1) is 35.5 Å². The molecule has 0 N–H and O–H groups in total. The van der Waals surface area contributed by atoms with Crippen molar-refractivity contribution in [2.24, 2.45) is 11.8 Å². The molecular formula is C21H20N2O4. The SMILES string of the molecule is C=C/C=c1/cc2c(n/c1=C/C)C1=CC3C(COC(=O)C3OC=C)C(=O)N1C2. The van der Waals surface area contributed by atoms with Crippen molar-refractivity contribution < 1.29 is 19.1 Å². The topological polar surface area (TPSA) is 68.7 Å². The van der Waals surface area contributed by atoms with E-state index in [-0.39, 0.29) is 12.5 Å². The Labute approximate surface area is 156 Å². The van der Waals surface area contributed by atoms with Crippen molar-refractivity contribution in [2.75, 3.05) is 6.61 Å². The fourth-order valence-corrected chi connectivity index (χ4v) is 3.97. The summed E-state index contributed by atoms with van der Waals surface area (Å²) in [7, 11) is 0. The molecule has 0 radical (unpaired) electrons. The van der Waals surface area contributed by atoms with Crippen LogP contribution < -0.4 is 10.6 Å². The highest BCUT2D eigenvalue weighted by Gasteiger charge is 2.50. The lowest BCUT2D eigenvalue weighted by molar-refractivity contribution is -0.172. The van der Waals surface area contributed by atoms with E-state index in [1.54, 1.807) is 11.0 Å².